The van der Waals surface area contributed by atoms with E-state index in [4.69, 9.17) is 0 Å². The number of carbonyl (C=O) groups excluding carboxylic acids is 1. The van der Waals surface area contributed by atoms with Crippen LogP contribution in [-0.4, -0.2) is 17.7 Å². The number of rotatable bonds is 2. The van der Waals surface area contributed by atoms with E-state index in [1.165, 1.54) is 6.07 Å². The van der Waals surface area contributed by atoms with Gasteiger partial charge in [-0.2, -0.15) is 0 Å². The SMILES string of the molecule is CCNC(=O)Nc1ccc(O)c(Br)c1. The summed E-state index contributed by atoms with van der Waals surface area (Å²) in [5.74, 6) is 0.145. The summed E-state index contributed by atoms with van der Waals surface area (Å²) in [6.07, 6.45) is 0. The van der Waals surface area contributed by atoms with E-state index >= 15 is 0 Å². The van der Waals surface area contributed by atoms with Crippen molar-refractivity contribution in [2.75, 3.05) is 11.9 Å². The first-order valence-electron chi connectivity index (χ1n) is 4.17. The Hall–Kier alpha value is -1.23. The van der Waals surface area contributed by atoms with Crippen molar-refractivity contribution >= 4 is 27.6 Å². The number of benzene rings is 1. The van der Waals surface area contributed by atoms with Gasteiger partial charge in [-0.15, -0.1) is 0 Å². The van der Waals surface area contributed by atoms with Crippen molar-refractivity contribution in [3.63, 3.8) is 0 Å². The van der Waals surface area contributed by atoms with Crippen LogP contribution in [0.25, 0.3) is 0 Å². The van der Waals surface area contributed by atoms with Gasteiger partial charge in [0.05, 0.1) is 4.47 Å². The van der Waals surface area contributed by atoms with Gasteiger partial charge in [0.25, 0.3) is 0 Å². The van der Waals surface area contributed by atoms with E-state index in [-0.39, 0.29) is 11.8 Å². The van der Waals surface area contributed by atoms with E-state index in [0.717, 1.165) is 0 Å². The fraction of sp³-hybridized carbons (Fsp3) is 0.222. The molecule has 1 rings (SSSR count). The van der Waals surface area contributed by atoms with E-state index in [1.54, 1.807) is 12.1 Å². The lowest BCUT2D eigenvalue weighted by Gasteiger charge is -2.06. The van der Waals surface area contributed by atoms with Gasteiger partial charge in [0, 0.05) is 12.2 Å². The van der Waals surface area contributed by atoms with Crippen molar-refractivity contribution < 1.29 is 9.90 Å². The molecule has 76 valence electrons. The summed E-state index contributed by atoms with van der Waals surface area (Å²) in [7, 11) is 0. The first-order valence-corrected chi connectivity index (χ1v) is 4.96. The highest BCUT2D eigenvalue weighted by molar-refractivity contribution is 9.10. The molecule has 0 aliphatic heterocycles. The highest BCUT2D eigenvalue weighted by Gasteiger charge is 2.02. The summed E-state index contributed by atoms with van der Waals surface area (Å²) >= 11 is 3.15. The molecule has 0 aliphatic rings. The van der Waals surface area contributed by atoms with Crippen LogP contribution in [0.4, 0.5) is 10.5 Å². The molecule has 0 spiro atoms. The van der Waals surface area contributed by atoms with Gasteiger partial charge in [-0.05, 0) is 41.1 Å². The zero-order valence-electron chi connectivity index (χ0n) is 7.67. The van der Waals surface area contributed by atoms with Gasteiger partial charge in [-0.25, -0.2) is 4.79 Å². The van der Waals surface area contributed by atoms with Gasteiger partial charge in [0.1, 0.15) is 5.75 Å². The van der Waals surface area contributed by atoms with Gasteiger partial charge in [0.2, 0.25) is 0 Å². The number of hydrogen-bond donors (Lipinski definition) is 3. The lowest BCUT2D eigenvalue weighted by molar-refractivity contribution is 0.252. The second-order valence-electron chi connectivity index (χ2n) is 2.65. The first kappa shape index (κ1) is 10.8. The van der Waals surface area contributed by atoms with E-state index in [2.05, 4.69) is 26.6 Å². The van der Waals surface area contributed by atoms with Crippen LogP contribution in [0, 0.1) is 0 Å². The Balaban J connectivity index is 2.68. The molecule has 1 aromatic rings. The smallest absolute Gasteiger partial charge is 0.319 e. The maximum Gasteiger partial charge on any atom is 0.319 e. The Morgan fingerprint density at radius 1 is 1.57 bits per heavy atom. The highest BCUT2D eigenvalue weighted by atomic mass is 79.9. The minimum Gasteiger partial charge on any atom is -0.507 e. The van der Waals surface area contributed by atoms with Crippen LogP contribution >= 0.6 is 15.9 Å². The Kier molecular flexibility index (Phi) is 3.76. The molecule has 0 heterocycles. The number of urea groups is 1. The summed E-state index contributed by atoms with van der Waals surface area (Å²) < 4.78 is 0.548. The molecule has 0 aromatic heterocycles. The predicted octanol–water partition coefficient (Wildman–Crippen LogP) is 2.30. The van der Waals surface area contributed by atoms with Crippen LogP contribution < -0.4 is 10.6 Å². The van der Waals surface area contributed by atoms with E-state index in [0.29, 0.717) is 16.7 Å². The number of halogens is 1. The van der Waals surface area contributed by atoms with Crippen molar-refractivity contribution in [3.8, 4) is 5.75 Å². The molecular formula is C9H11BrN2O2. The van der Waals surface area contributed by atoms with E-state index < -0.39 is 0 Å². The number of aromatic hydroxyl groups is 1. The summed E-state index contributed by atoms with van der Waals surface area (Å²) in [5.41, 5.74) is 0.626. The van der Waals surface area contributed by atoms with Crippen molar-refractivity contribution in [1.29, 1.82) is 0 Å². The van der Waals surface area contributed by atoms with E-state index in [1.807, 2.05) is 6.92 Å². The Morgan fingerprint density at radius 2 is 2.29 bits per heavy atom. The molecule has 0 atom stereocenters. The number of amides is 2. The number of carbonyl (C=O) groups is 1. The third-order valence-corrected chi connectivity index (χ3v) is 2.18. The lowest BCUT2D eigenvalue weighted by atomic mass is 10.3. The predicted molar refractivity (Wildman–Crippen MR) is 58.5 cm³/mol. The van der Waals surface area contributed by atoms with Gasteiger partial charge >= 0.3 is 6.03 Å². The first-order chi connectivity index (χ1) is 6.63. The maximum atomic E-state index is 11.1. The van der Waals surface area contributed by atoms with Crippen molar-refractivity contribution in [2.24, 2.45) is 0 Å². The zero-order valence-corrected chi connectivity index (χ0v) is 9.26. The van der Waals surface area contributed by atoms with Crippen LogP contribution in [0.15, 0.2) is 22.7 Å². The molecule has 14 heavy (non-hydrogen) atoms. The van der Waals surface area contributed by atoms with Crippen LogP contribution in [0.1, 0.15) is 6.92 Å². The number of anilines is 1. The highest BCUT2D eigenvalue weighted by Crippen LogP contribution is 2.26. The van der Waals surface area contributed by atoms with Crippen LogP contribution in [0.3, 0.4) is 0 Å². The molecule has 0 fully saturated rings. The summed E-state index contributed by atoms with van der Waals surface area (Å²) in [4.78, 5) is 11.1. The second-order valence-corrected chi connectivity index (χ2v) is 3.50. The minimum atomic E-state index is -0.259. The topological polar surface area (TPSA) is 61.4 Å². The zero-order chi connectivity index (χ0) is 10.6. The number of phenols is 1. The van der Waals surface area contributed by atoms with Gasteiger partial charge in [-0.1, -0.05) is 0 Å². The maximum absolute atomic E-state index is 11.1. The average Bonchev–Trinajstić information content (AvgIpc) is 2.12. The fourth-order valence-electron chi connectivity index (χ4n) is 0.920. The third kappa shape index (κ3) is 2.92. The molecule has 1 aromatic carbocycles. The fourth-order valence-corrected chi connectivity index (χ4v) is 1.30. The lowest BCUT2D eigenvalue weighted by Crippen LogP contribution is -2.28. The van der Waals surface area contributed by atoms with Crippen molar-refractivity contribution in [1.82, 2.24) is 5.32 Å². The minimum absolute atomic E-state index is 0.145. The number of hydrogen-bond acceptors (Lipinski definition) is 2. The van der Waals surface area contributed by atoms with E-state index in [9.17, 15) is 9.90 Å². The Morgan fingerprint density at radius 3 is 2.86 bits per heavy atom. The molecule has 0 unspecified atom stereocenters. The molecule has 0 saturated carbocycles. The quantitative estimate of drug-likeness (QED) is 0.713. The van der Waals surface area contributed by atoms with Gasteiger partial charge < -0.3 is 15.7 Å². The molecule has 5 heteroatoms. The average molecular weight is 259 g/mol. The Bertz CT molecular complexity index is 342. The molecule has 3 N–H and O–H groups in total. The number of phenolic OH excluding ortho intramolecular Hbond substituents is 1. The molecule has 0 saturated heterocycles. The van der Waals surface area contributed by atoms with Gasteiger partial charge in [0.15, 0.2) is 0 Å². The molecule has 0 radical (unpaired) electrons. The molecule has 4 nitrogen and oxygen atoms in total. The monoisotopic (exact) mass is 258 g/mol. The Labute approximate surface area is 90.4 Å². The summed E-state index contributed by atoms with van der Waals surface area (Å²) in [6, 6.07) is 4.50. The third-order valence-electron chi connectivity index (χ3n) is 1.54. The van der Waals surface area contributed by atoms with Crippen molar-refractivity contribution in [2.45, 2.75) is 6.92 Å². The van der Waals surface area contributed by atoms with Crippen LogP contribution in [0.5, 0.6) is 5.75 Å². The normalized spacial score (nSPS) is 9.57. The summed E-state index contributed by atoms with van der Waals surface area (Å²) in [6.45, 7) is 2.41. The van der Waals surface area contributed by atoms with Crippen LogP contribution in [0.2, 0.25) is 0 Å². The van der Waals surface area contributed by atoms with Crippen molar-refractivity contribution in [3.05, 3.63) is 22.7 Å². The largest absolute Gasteiger partial charge is 0.507 e. The molecular weight excluding hydrogens is 248 g/mol. The molecule has 2 amide bonds. The second kappa shape index (κ2) is 4.85. The van der Waals surface area contributed by atoms with Crippen LogP contribution in [-0.2, 0) is 0 Å². The summed E-state index contributed by atoms with van der Waals surface area (Å²) in [5, 5.41) is 14.4. The standard InChI is InChI=1S/C9H11BrN2O2/c1-2-11-9(14)12-6-3-4-8(13)7(10)5-6/h3-5,13H,2H2,1H3,(H2,11,12,14). The molecule has 0 bridgehead atoms. The van der Waals surface area contributed by atoms with Gasteiger partial charge in [-0.3, -0.25) is 0 Å². The number of nitrogens with one attached hydrogen (secondary N) is 2. The molecule has 0 aliphatic carbocycles.